The SMILES string of the molecule is Cc1nc(-c2ccc([N+](=O)[O-])cc2)cs1.[Br-]. The van der Waals surface area contributed by atoms with Crippen molar-refractivity contribution in [1.29, 1.82) is 0 Å². The van der Waals surface area contributed by atoms with E-state index in [1.54, 1.807) is 23.5 Å². The van der Waals surface area contributed by atoms with Crippen molar-refractivity contribution in [3.8, 4) is 11.3 Å². The van der Waals surface area contributed by atoms with Gasteiger partial charge in [0.2, 0.25) is 0 Å². The standard InChI is InChI=1S/C10H8N2O2S.BrH/c1-7-11-10(6-15-7)8-2-4-9(5-3-8)12(13)14;/h2-6H,1H3;1H/p-1. The maximum atomic E-state index is 10.4. The molecule has 0 aliphatic heterocycles. The first-order valence-electron chi connectivity index (χ1n) is 4.34. The minimum absolute atomic E-state index is 0. The molecule has 0 amide bonds. The quantitative estimate of drug-likeness (QED) is 0.581. The maximum absolute atomic E-state index is 10.4. The molecule has 4 nitrogen and oxygen atoms in total. The lowest BCUT2D eigenvalue weighted by atomic mass is 10.1. The fourth-order valence-electron chi connectivity index (χ4n) is 1.25. The normalized spacial score (nSPS) is 9.56. The van der Waals surface area contributed by atoms with Gasteiger partial charge in [0.05, 0.1) is 15.6 Å². The highest BCUT2D eigenvalue weighted by molar-refractivity contribution is 7.09. The number of hydrogen-bond donors (Lipinski definition) is 0. The Hall–Kier alpha value is -1.27. The number of nitrogens with zero attached hydrogens (tertiary/aromatic N) is 2. The molecule has 6 heteroatoms. The van der Waals surface area contributed by atoms with E-state index in [1.165, 1.54) is 12.1 Å². The molecule has 0 unspecified atom stereocenters. The first-order valence-corrected chi connectivity index (χ1v) is 5.22. The Morgan fingerprint density at radius 1 is 1.31 bits per heavy atom. The molecule has 84 valence electrons. The Balaban J connectivity index is 0.00000128. The average Bonchev–Trinajstić information content (AvgIpc) is 2.65. The van der Waals surface area contributed by atoms with E-state index in [0.29, 0.717) is 0 Å². The lowest BCUT2D eigenvalue weighted by Gasteiger charge is -1.95. The molecule has 0 fully saturated rings. The van der Waals surface area contributed by atoms with Crippen LogP contribution >= 0.6 is 11.3 Å². The van der Waals surface area contributed by atoms with Gasteiger partial charge in [-0.2, -0.15) is 0 Å². The molecule has 0 saturated heterocycles. The third kappa shape index (κ3) is 2.65. The summed E-state index contributed by atoms with van der Waals surface area (Å²) in [5.74, 6) is 0. The molecule has 0 spiro atoms. The lowest BCUT2D eigenvalue weighted by Crippen LogP contribution is -3.00. The van der Waals surface area contributed by atoms with Crippen LogP contribution in [0.15, 0.2) is 29.6 Å². The second kappa shape index (κ2) is 5.18. The summed E-state index contributed by atoms with van der Waals surface area (Å²) in [5.41, 5.74) is 1.88. The first kappa shape index (κ1) is 12.8. The number of thiazole rings is 1. The first-order chi connectivity index (χ1) is 7.16. The Kier molecular flexibility index (Phi) is 4.14. The molecule has 0 aliphatic rings. The molecule has 1 aromatic carbocycles. The highest BCUT2D eigenvalue weighted by atomic mass is 79.9. The highest BCUT2D eigenvalue weighted by Crippen LogP contribution is 2.23. The van der Waals surface area contributed by atoms with Crippen LogP contribution in [0.2, 0.25) is 0 Å². The van der Waals surface area contributed by atoms with Crippen molar-refractivity contribution in [3.05, 3.63) is 44.8 Å². The number of nitro benzene ring substituents is 1. The molecular formula is C10H8BrN2O2S-. The van der Waals surface area contributed by atoms with Gasteiger partial charge in [0.25, 0.3) is 5.69 Å². The van der Waals surface area contributed by atoms with Crippen LogP contribution in [-0.2, 0) is 0 Å². The van der Waals surface area contributed by atoms with Gasteiger partial charge < -0.3 is 17.0 Å². The van der Waals surface area contributed by atoms with Crippen LogP contribution in [0.5, 0.6) is 0 Å². The van der Waals surface area contributed by atoms with E-state index in [4.69, 9.17) is 0 Å². The Labute approximate surface area is 107 Å². The van der Waals surface area contributed by atoms with Crippen molar-refractivity contribution in [3.63, 3.8) is 0 Å². The molecule has 2 rings (SSSR count). The predicted octanol–water partition coefficient (Wildman–Crippen LogP) is 0.0307. The van der Waals surface area contributed by atoms with E-state index in [2.05, 4.69) is 4.98 Å². The van der Waals surface area contributed by atoms with Crippen molar-refractivity contribution in [2.45, 2.75) is 6.92 Å². The van der Waals surface area contributed by atoms with Crippen LogP contribution in [0.1, 0.15) is 5.01 Å². The zero-order chi connectivity index (χ0) is 10.8. The largest absolute Gasteiger partial charge is 1.00 e. The second-order valence-electron chi connectivity index (χ2n) is 3.06. The van der Waals surface area contributed by atoms with Gasteiger partial charge in [-0.15, -0.1) is 11.3 Å². The Bertz CT molecular complexity index is 496. The zero-order valence-electron chi connectivity index (χ0n) is 8.38. The van der Waals surface area contributed by atoms with E-state index in [0.717, 1.165) is 16.3 Å². The number of hydrogen-bond acceptors (Lipinski definition) is 4. The maximum Gasteiger partial charge on any atom is 0.269 e. The molecule has 0 saturated carbocycles. The van der Waals surface area contributed by atoms with Crippen molar-refractivity contribution >= 4 is 17.0 Å². The van der Waals surface area contributed by atoms with Gasteiger partial charge >= 0.3 is 0 Å². The summed E-state index contributed by atoms with van der Waals surface area (Å²) in [7, 11) is 0. The Morgan fingerprint density at radius 2 is 1.94 bits per heavy atom. The fraction of sp³-hybridized carbons (Fsp3) is 0.100. The van der Waals surface area contributed by atoms with Crippen LogP contribution in [-0.4, -0.2) is 9.91 Å². The number of aryl methyl sites for hydroxylation is 1. The van der Waals surface area contributed by atoms with Gasteiger partial charge in [0.15, 0.2) is 0 Å². The minimum atomic E-state index is -0.407. The number of nitro groups is 1. The van der Waals surface area contributed by atoms with E-state index < -0.39 is 4.92 Å². The topological polar surface area (TPSA) is 56.0 Å². The second-order valence-corrected chi connectivity index (χ2v) is 4.12. The molecule has 0 N–H and O–H groups in total. The van der Waals surface area contributed by atoms with Crippen LogP contribution < -0.4 is 17.0 Å². The summed E-state index contributed by atoms with van der Waals surface area (Å²) in [4.78, 5) is 14.3. The van der Waals surface area contributed by atoms with Crippen molar-refractivity contribution in [2.75, 3.05) is 0 Å². The molecular weight excluding hydrogens is 292 g/mol. The summed E-state index contributed by atoms with van der Waals surface area (Å²) in [5, 5.41) is 13.4. The Morgan fingerprint density at radius 3 is 2.38 bits per heavy atom. The van der Waals surface area contributed by atoms with Crippen LogP contribution in [0.3, 0.4) is 0 Å². The lowest BCUT2D eigenvalue weighted by molar-refractivity contribution is -0.384. The van der Waals surface area contributed by atoms with Gasteiger partial charge in [-0.1, -0.05) is 0 Å². The number of aromatic nitrogens is 1. The van der Waals surface area contributed by atoms with E-state index in [1.807, 2.05) is 12.3 Å². The van der Waals surface area contributed by atoms with Crippen molar-refractivity contribution in [1.82, 2.24) is 4.98 Å². The predicted molar refractivity (Wildman–Crippen MR) is 58.9 cm³/mol. The smallest absolute Gasteiger partial charge is 0.269 e. The fourth-order valence-corrected chi connectivity index (χ4v) is 1.87. The van der Waals surface area contributed by atoms with Gasteiger partial charge in [-0.25, -0.2) is 4.98 Å². The monoisotopic (exact) mass is 299 g/mol. The molecule has 0 radical (unpaired) electrons. The van der Waals surface area contributed by atoms with Crippen molar-refractivity contribution < 1.29 is 21.9 Å². The molecule has 16 heavy (non-hydrogen) atoms. The molecule has 0 atom stereocenters. The van der Waals surface area contributed by atoms with Gasteiger partial charge in [-0.3, -0.25) is 10.1 Å². The third-order valence-electron chi connectivity index (χ3n) is 1.99. The molecule has 1 aromatic heterocycles. The van der Waals surface area contributed by atoms with Gasteiger partial charge in [-0.05, 0) is 19.1 Å². The summed E-state index contributed by atoms with van der Waals surface area (Å²) in [6.45, 7) is 1.93. The number of benzene rings is 1. The van der Waals surface area contributed by atoms with Crippen LogP contribution in [0.4, 0.5) is 5.69 Å². The summed E-state index contributed by atoms with van der Waals surface area (Å²) in [6, 6.07) is 6.41. The van der Waals surface area contributed by atoms with E-state index in [-0.39, 0.29) is 22.7 Å². The van der Waals surface area contributed by atoms with Crippen LogP contribution in [0, 0.1) is 17.0 Å². The third-order valence-corrected chi connectivity index (χ3v) is 2.77. The minimum Gasteiger partial charge on any atom is -1.00 e. The van der Waals surface area contributed by atoms with Crippen LogP contribution in [0.25, 0.3) is 11.3 Å². The average molecular weight is 300 g/mol. The number of rotatable bonds is 2. The van der Waals surface area contributed by atoms with E-state index in [9.17, 15) is 10.1 Å². The van der Waals surface area contributed by atoms with Gasteiger partial charge in [0, 0.05) is 23.1 Å². The summed E-state index contributed by atoms with van der Waals surface area (Å²) >= 11 is 1.56. The highest BCUT2D eigenvalue weighted by Gasteiger charge is 2.06. The molecule has 1 heterocycles. The van der Waals surface area contributed by atoms with Gasteiger partial charge in [0.1, 0.15) is 0 Å². The van der Waals surface area contributed by atoms with Crippen molar-refractivity contribution in [2.24, 2.45) is 0 Å². The number of non-ortho nitro benzene ring substituents is 1. The molecule has 0 bridgehead atoms. The summed E-state index contributed by atoms with van der Waals surface area (Å²) < 4.78 is 0. The zero-order valence-corrected chi connectivity index (χ0v) is 10.8. The molecule has 2 aromatic rings. The summed E-state index contributed by atoms with van der Waals surface area (Å²) in [6.07, 6.45) is 0. The molecule has 0 aliphatic carbocycles. The number of halogens is 1. The van der Waals surface area contributed by atoms with E-state index >= 15 is 0 Å².